The number of hydrogen-bond donors (Lipinski definition) is 0. The SMILES string of the molecule is C[SiH2]N(C)[SiH2]C.[SiH3]N([SiH3])CN([SiH3])CN([SiH3])[SiH3].[SiH3]N([SiH3])[SiH2]Cl.[SiH3]N([SiH3])[SiH2]N([SiH3])[SiH3].[SiH3]N([SiH3])[SiH3].[SiH3]N1CN([SiH3])[SiH2]N([SiH3])[SiH2]1. The number of nitrogens with zero attached hydrogens (tertiary/aromatic N) is 11. The molecule has 0 amide bonds. The quantitative estimate of drug-likeness (QED) is 0.126. The van der Waals surface area contributed by atoms with Crippen molar-refractivity contribution in [3.63, 3.8) is 0 Å². The standard InChI is InChI=1S/C3H13NSi2.C2H19N3Si5.CH15N3Si5.ClH8NSi3.H14N2Si5.H9NSi3/c1-4(5-2)6-3;6-3(1-4(7)8)2-5(9)10;5-2-1-3(6)9-4(7)8-2;1-5-2(3)4;3-1(4)7-2(5)6;2-1(3)4/h5-6H2,1-3H3;1-2H2,6-10H3;1,8-9H2,5-7H3;5H2,3-4H3;7H2,3-6H3;2-4H3. The molecule has 1 rings (SSSR count). The molecule has 0 aromatic carbocycles. The fourth-order valence-electron chi connectivity index (χ4n) is 3.17. The van der Waals surface area contributed by atoms with E-state index >= 15 is 0 Å². The van der Waals surface area contributed by atoms with Crippen molar-refractivity contribution < 1.29 is 0 Å². The van der Waals surface area contributed by atoms with E-state index in [1.165, 1.54) is 197 Å². The van der Waals surface area contributed by atoms with Crippen molar-refractivity contribution in [3.05, 3.63) is 0 Å². The number of hydrogen-bond acceptors (Lipinski definition) is 11. The molecule has 0 spiro atoms. The van der Waals surface area contributed by atoms with Gasteiger partial charge in [-0.1, -0.05) is 13.1 Å². The molecule has 41 heavy (non-hydrogen) atoms. The number of halogens is 1. The van der Waals surface area contributed by atoms with Crippen LogP contribution in [-0.2, 0) is 0 Å². The van der Waals surface area contributed by atoms with Crippen LogP contribution in [0.2, 0.25) is 13.1 Å². The molecule has 0 aromatic rings. The van der Waals surface area contributed by atoms with E-state index in [9.17, 15) is 0 Å². The Labute approximate surface area is 327 Å². The molecular formula is C6H78ClN11Si23. The van der Waals surface area contributed by atoms with Gasteiger partial charge in [-0.2, -0.15) is 11.1 Å². The Morgan fingerprint density at radius 2 is 0.951 bits per heavy atom. The van der Waals surface area contributed by atoms with E-state index < -0.39 is 0 Å². The molecule has 1 aliphatic heterocycles. The zero-order valence-electron chi connectivity index (χ0n) is 31.7. The second kappa shape index (κ2) is 39.3. The van der Waals surface area contributed by atoms with Crippen LogP contribution < -0.4 is 0 Å². The molecule has 11 nitrogen and oxygen atoms in total. The van der Waals surface area contributed by atoms with Crippen LogP contribution in [-0.4, -0.2) is 307 Å². The lowest BCUT2D eigenvalue weighted by Crippen LogP contribution is -2.56. The van der Waals surface area contributed by atoms with Crippen LogP contribution in [0.5, 0.6) is 0 Å². The zero-order chi connectivity index (χ0) is 33.7. The van der Waals surface area contributed by atoms with Crippen LogP contribution in [0.3, 0.4) is 0 Å². The molecule has 1 heterocycles. The maximum atomic E-state index is 5.47. The Bertz CT molecular complexity index is 455. The van der Waals surface area contributed by atoms with Crippen molar-refractivity contribution in [2.75, 3.05) is 27.1 Å². The fraction of sp³-hybridized carbons (Fsp3) is 1.00. The van der Waals surface area contributed by atoms with Crippen molar-refractivity contribution in [1.29, 1.82) is 0 Å². The van der Waals surface area contributed by atoms with Gasteiger partial charge in [0.05, 0.1) is 196 Å². The molecule has 0 unspecified atom stereocenters. The lowest BCUT2D eigenvalue weighted by atomic mass is 11.0. The van der Waals surface area contributed by atoms with E-state index in [1.54, 1.807) is 0 Å². The first-order valence-corrected chi connectivity index (χ1v) is 40.3. The minimum atomic E-state index is -0.222. The normalized spacial score (nSPS) is 17.9. The van der Waals surface area contributed by atoms with Gasteiger partial charge in [-0.05, 0) is 7.05 Å². The topological polar surface area (TPSA) is 35.6 Å². The van der Waals surface area contributed by atoms with Gasteiger partial charge in [0, 0.05) is 20.0 Å². The van der Waals surface area contributed by atoms with Crippen molar-refractivity contribution in [3.8, 4) is 0 Å². The monoisotopic (exact) mass is 983 g/mol. The minimum Gasteiger partial charge on any atom is -0.390 e. The summed E-state index contributed by atoms with van der Waals surface area (Å²) in [5.41, 5.74) is 0. The predicted octanol–water partition coefficient (Wildman–Crippen LogP) is -27.0. The lowest BCUT2D eigenvalue weighted by Gasteiger charge is -2.37. The molecule has 1 aliphatic rings. The van der Waals surface area contributed by atoms with Gasteiger partial charge < -0.3 is 45.2 Å². The van der Waals surface area contributed by atoms with E-state index in [-0.39, 0.29) is 57.9 Å². The third kappa shape index (κ3) is 67.8. The van der Waals surface area contributed by atoms with E-state index in [0.29, 0.717) is 0 Å². The maximum absolute atomic E-state index is 5.47. The molecule has 35 heteroatoms. The van der Waals surface area contributed by atoms with Gasteiger partial charge in [0.1, 0.15) is 9.84 Å². The fourth-order valence-corrected chi connectivity index (χ4v) is 44.1. The van der Waals surface area contributed by atoms with Crippen LogP contribution in [0.15, 0.2) is 0 Å². The first-order chi connectivity index (χ1) is 18.6. The summed E-state index contributed by atoms with van der Waals surface area (Å²) in [6.07, 6.45) is 0. The largest absolute Gasteiger partial charge is 0.390 e. The molecule has 0 atom stereocenters. The molecule has 0 saturated carbocycles. The van der Waals surface area contributed by atoms with Crippen molar-refractivity contribution in [1.82, 2.24) is 45.2 Å². The summed E-state index contributed by atoms with van der Waals surface area (Å²) >= 11 is 5.47. The molecule has 0 aromatic heterocycles. The molecular weight excluding hydrogens is 908 g/mol. The summed E-state index contributed by atoms with van der Waals surface area (Å²) < 4.78 is 28.1. The molecule has 256 valence electrons. The van der Waals surface area contributed by atoms with E-state index in [0.717, 1.165) is 0 Å². The third-order valence-corrected chi connectivity index (χ3v) is 29.2. The Morgan fingerprint density at radius 3 is 1.07 bits per heavy atom. The molecule has 0 aliphatic carbocycles. The summed E-state index contributed by atoms with van der Waals surface area (Å²) in [6.45, 7) is 8.50. The van der Waals surface area contributed by atoms with Crippen molar-refractivity contribution in [2.24, 2.45) is 0 Å². The summed E-state index contributed by atoms with van der Waals surface area (Å²) in [6, 6.07) is 0. The summed E-state index contributed by atoms with van der Waals surface area (Å²) in [5, 5.41) is 0. The van der Waals surface area contributed by atoms with Crippen LogP contribution in [0.4, 0.5) is 0 Å². The van der Waals surface area contributed by atoms with Crippen molar-refractivity contribution in [2.45, 2.75) is 13.1 Å². The highest BCUT2D eigenvalue weighted by atomic mass is 35.6. The zero-order valence-corrected chi connectivity index (χ0v) is 74.9. The number of rotatable bonds is 9. The summed E-state index contributed by atoms with van der Waals surface area (Å²) in [5.74, 6) is 0. The average molecular weight is 986 g/mol. The van der Waals surface area contributed by atoms with Gasteiger partial charge in [-0.25, -0.2) is 0 Å². The van der Waals surface area contributed by atoms with Crippen LogP contribution in [0, 0.1) is 0 Å². The van der Waals surface area contributed by atoms with E-state index in [4.69, 9.17) is 11.1 Å². The average Bonchev–Trinajstić information content (AvgIpc) is 2.76. The highest BCUT2D eigenvalue weighted by Crippen LogP contribution is 1.92. The van der Waals surface area contributed by atoms with Crippen molar-refractivity contribution >= 4 is 246 Å². The molecule has 0 radical (unpaired) electrons. The first kappa shape index (κ1) is 55.3. The van der Waals surface area contributed by atoms with E-state index in [2.05, 4.69) is 65.3 Å². The lowest BCUT2D eigenvalue weighted by molar-refractivity contribution is 0.343. The maximum Gasteiger partial charge on any atom is 0.184 e. The second-order valence-electron chi connectivity index (χ2n) is 12.6. The predicted molar refractivity (Wildman–Crippen MR) is 279 cm³/mol. The summed E-state index contributed by atoms with van der Waals surface area (Å²) in [7, 11) is 24.8. The van der Waals surface area contributed by atoms with E-state index in [1.807, 2.05) is 0 Å². The van der Waals surface area contributed by atoms with Crippen LogP contribution in [0.25, 0.3) is 0 Å². The Kier molecular flexibility index (Phi) is 52.9. The second-order valence-corrected chi connectivity index (χ2v) is 80.4. The Balaban J connectivity index is -0.000000130. The smallest absolute Gasteiger partial charge is 0.184 e. The first-order valence-electron chi connectivity index (χ1n) is 14.5. The molecule has 1 saturated heterocycles. The van der Waals surface area contributed by atoms with Gasteiger partial charge in [0.2, 0.25) is 0 Å². The Hall–Kier alpha value is 4.84. The highest BCUT2D eigenvalue weighted by molar-refractivity contribution is 6.95. The highest BCUT2D eigenvalue weighted by Gasteiger charge is 2.13. The molecule has 1 fully saturated rings. The third-order valence-electron chi connectivity index (χ3n) is 4.38. The van der Waals surface area contributed by atoms with Gasteiger partial charge in [-0.15, -0.1) is 0 Å². The minimum absolute atomic E-state index is 0.158. The summed E-state index contributed by atoms with van der Waals surface area (Å²) in [4.78, 5) is 0. The van der Waals surface area contributed by atoms with Gasteiger partial charge >= 0.3 is 0 Å². The van der Waals surface area contributed by atoms with Gasteiger partial charge in [0.25, 0.3) is 0 Å². The molecule has 0 N–H and O–H groups in total. The van der Waals surface area contributed by atoms with Crippen LogP contribution >= 0.6 is 11.1 Å². The van der Waals surface area contributed by atoms with Gasteiger partial charge in [0.15, 0.2) is 28.7 Å². The van der Waals surface area contributed by atoms with Crippen LogP contribution in [0.1, 0.15) is 0 Å². The molecule has 0 bridgehead atoms. The Morgan fingerprint density at radius 1 is 0.659 bits per heavy atom. The van der Waals surface area contributed by atoms with Gasteiger partial charge in [-0.3, -0.25) is 0 Å².